The van der Waals surface area contributed by atoms with E-state index in [0.717, 1.165) is 0 Å². The lowest BCUT2D eigenvalue weighted by molar-refractivity contribution is -0.152. The Labute approximate surface area is 105 Å². The van der Waals surface area contributed by atoms with Crippen LogP contribution >= 0.6 is 0 Å². The van der Waals surface area contributed by atoms with E-state index in [1.807, 2.05) is 0 Å². The van der Waals surface area contributed by atoms with E-state index in [4.69, 9.17) is 19.3 Å². The van der Waals surface area contributed by atoms with Gasteiger partial charge in [-0.15, -0.1) is 0 Å². The maximum atomic E-state index is 10.8. The lowest BCUT2D eigenvalue weighted by Gasteiger charge is -2.06. The van der Waals surface area contributed by atoms with Crippen molar-refractivity contribution >= 4 is 11.9 Å². The minimum absolute atomic E-state index is 0.0334. The van der Waals surface area contributed by atoms with Gasteiger partial charge in [0.15, 0.2) is 0 Å². The Morgan fingerprint density at radius 3 is 2.11 bits per heavy atom. The van der Waals surface area contributed by atoms with Gasteiger partial charge in [0.2, 0.25) is 0 Å². The number of hydrogen-bond acceptors (Lipinski definition) is 6. The van der Waals surface area contributed by atoms with Gasteiger partial charge < -0.3 is 24.1 Å². The maximum Gasteiger partial charge on any atom is 0.317 e. The predicted molar refractivity (Wildman–Crippen MR) is 61.0 cm³/mol. The second kappa shape index (κ2) is 11.9. The number of hydrogen-bond donors (Lipinski definition) is 1. The smallest absolute Gasteiger partial charge is 0.317 e. The van der Waals surface area contributed by atoms with Gasteiger partial charge in [0.05, 0.1) is 32.7 Å². The molecule has 0 fully saturated rings. The zero-order valence-electron chi connectivity index (χ0n) is 10.1. The van der Waals surface area contributed by atoms with E-state index in [0.29, 0.717) is 26.4 Å². The first-order valence-corrected chi connectivity index (χ1v) is 5.42. The molecule has 0 unspecified atom stereocenters. The van der Waals surface area contributed by atoms with Crippen molar-refractivity contribution in [2.75, 3.05) is 39.6 Å². The Morgan fingerprint density at radius 1 is 1.00 bits per heavy atom. The number of carbonyl (C=O) groups is 2. The maximum absolute atomic E-state index is 10.8. The zero-order chi connectivity index (χ0) is 13.6. The molecule has 0 aliphatic rings. The standard InChI is InChI=1S/C11H18O7/c1-2-15-3-4-16-5-6-17-7-8-18-11(14)9-10(12)13/h2H,1,3-9H2,(H,12,13). The average Bonchev–Trinajstić information content (AvgIpc) is 2.30. The first-order valence-electron chi connectivity index (χ1n) is 5.42. The third kappa shape index (κ3) is 12.5. The number of ether oxygens (including phenoxy) is 4. The normalized spacial score (nSPS) is 9.78. The van der Waals surface area contributed by atoms with Crippen LogP contribution in [-0.4, -0.2) is 56.7 Å². The van der Waals surface area contributed by atoms with Gasteiger partial charge in [0.1, 0.15) is 19.6 Å². The van der Waals surface area contributed by atoms with Gasteiger partial charge in [-0.2, -0.15) is 0 Å². The van der Waals surface area contributed by atoms with E-state index in [-0.39, 0.29) is 13.2 Å². The Balaban J connectivity index is 3.13. The Kier molecular flexibility index (Phi) is 10.8. The van der Waals surface area contributed by atoms with Crippen LogP contribution in [0.2, 0.25) is 0 Å². The van der Waals surface area contributed by atoms with Crippen LogP contribution in [0.4, 0.5) is 0 Å². The first kappa shape index (κ1) is 16.4. The van der Waals surface area contributed by atoms with Crippen LogP contribution < -0.4 is 0 Å². The topological polar surface area (TPSA) is 91.3 Å². The summed E-state index contributed by atoms with van der Waals surface area (Å²) >= 11 is 0. The van der Waals surface area contributed by atoms with Gasteiger partial charge in [-0.05, 0) is 0 Å². The van der Waals surface area contributed by atoms with Crippen LogP contribution in [0.25, 0.3) is 0 Å². The van der Waals surface area contributed by atoms with Crippen molar-refractivity contribution in [3.8, 4) is 0 Å². The quantitative estimate of drug-likeness (QED) is 0.232. The van der Waals surface area contributed by atoms with E-state index in [1.54, 1.807) is 0 Å². The molecule has 0 radical (unpaired) electrons. The summed E-state index contributed by atoms with van der Waals surface area (Å²) < 4.78 is 19.6. The van der Waals surface area contributed by atoms with Gasteiger partial charge in [-0.25, -0.2) is 0 Å². The highest BCUT2D eigenvalue weighted by Gasteiger charge is 2.07. The van der Waals surface area contributed by atoms with Crippen molar-refractivity contribution in [3.05, 3.63) is 12.8 Å². The highest BCUT2D eigenvalue weighted by Crippen LogP contribution is 1.87. The van der Waals surface area contributed by atoms with Crippen molar-refractivity contribution in [2.45, 2.75) is 6.42 Å². The summed E-state index contributed by atoms with van der Waals surface area (Å²) in [6.07, 6.45) is 0.706. The van der Waals surface area contributed by atoms with E-state index < -0.39 is 18.4 Å². The van der Waals surface area contributed by atoms with Crippen LogP contribution in [0.5, 0.6) is 0 Å². The van der Waals surface area contributed by atoms with Gasteiger partial charge in [-0.3, -0.25) is 9.59 Å². The summed E-state index contributed by atoms with van der Waals surface area (Å²) in [5.74, 6) is -1.99. The summed E-state index contributed by atoms with van der Waals surface area (Å²) in [5.41, 5.74) is 0. The molecular weight excluding hydrogens is 244 g/mol. The highest BCUT2D eigenvalue weighted by atomic mass is 16.6. The van der Waals surface area contributed by atoms with E-state index in [2.05, 4.69) is 11.3 Å². The van der Waals surface area contributed by atoms with E-state index in [9.17, 15) is 9.59 Å². The minimum Gasteiger partial charge on any atom is -0.499 e. The van der Waals surface area contributed by atoms with Crippen LogP contribution in [0.15, 0.2) is 12.8 Å². The number of carboxylic acids is 1. The third-order valence-corrected chi connectivity index (χ3v) is 1.62. The molecule has 1 N–H and O–H groups in total. The third-order valence-electron chi connectivity index (χ3n) is 1.62. The fourth-order valence-corrected chi connectivity index (χ4v) is 0.901. The second-order valence-electron chi connectivity index (χ2n) is 3.05. The van der Waals surface area contributed by atoms with Crippen molar-refractivity contribution in [1.82, 2.24) is 0 Å². The van der Waals surface area contributed by atoms with Crippen LogP contribution in [0.1, 0.15) is 6.42 Å². The largest absolute Gasteiger partial charge is 0.499 e. The number of aliphatic carboxylic acids is 1. The van der Waals surface area contributed by atoms with Crippen molar-refractivity contribution in [1.29, 1.82) is 0 Å². The molecule has 0 amide bonds. The summed E-state index contributed by atoms with van der Waals surface area (Å²) in [5, 5.41) is 8.28. The number of carboxylic acid groups (broad SMARTS) is 1. The van der Waals surface area contributed by atoms with Crippen molar-refractivity contribution < 1.29 is 33.6 Å². The van der Waals surface area contributed by atoms with Crippen LogP contribution in [0, 0.1) is 0 Å². The molecular formula is C11H18O7. The molecule has 18 heavy (non-hydrogen) atoms. The molecule has 104 valence electrons. The van der Waals surface area contributed by atoms with Gasteiger partial charge in [-0.1, -0.05) is 6.58 Å². The fourth-order valence-electron chi connectivity index (χ4n) is 0.901. The summed E-state index contributed by atoms with van der Waals surface area (Å²) in [6.45, 7) is 5.28. The Morgan fingerprint density at radius 2 is 1.56 bits per heavy atom. The number of esters is 1. The molecule has 0 spiro atoms. The Hall–Kier alpha value is -1.60. The Bertz CT molecular complexity index is 252. The van der Waals surface area contributed by atoms with Gasteiger partial charge in [0, 0.05) is 0 Å². The summed E-state index contributed by atoms with van der Waals surface area (Å²) in [7, 11) is 0. The molecule has 0 aromatic carbocycles. The van der Waals surface area contributed by atoms with Crippen molar-refractivity contribution in [2.24, 2.45) is 0 Å². The fraction of sp³-hybridized carbons (Fsp3) is 0.636. The van der Waals surface area contributed by atoms with Crippen LogP contribution in [-0.2, 0) is 28.5 Å². The molecule has 0 rings (SSSR count). The molecule has 0 aliphatic heterocycles. The monoisotopic (exact) mass is 262 g/mol. The van der Waals surface area contributed by atoms with Gasteiger partial charge in [0.25, 0.3) is 0 Å². The first-order chi connectivity index (χ1) is 8.66. The average molecular weight is 262 g/mol. The van der Waals surface area contributed by atoms with Gasteiger partial charge >= 0.3 is 11.9 Å². The highest BCUT2D eigenvalue weighted by molar-refractivity contribution is 5.90. The minimum atomic E-state index is -1.21. The SMILES string of the molecule is C=COCCOCCOCCOC(=O)CC(=O)O. The molecule has 7 heteroatoms. The second-order valence-corrected chi connectivity index (χ2v) is 3.05. The molecule has 0 saturated heterocycles. The molecule has 0 aliphatic carbocycles. The molecule has 0 saturated carbocycles. The molecule has 7 nitrogen and oxygen atoms in total. The number of carbonyl (C=O) groups excluding carboxylic acids is 1. The predicted octanol–water partition coefficient (Wildman–Crippen LogP) is 0.198. The lowest BCUT2D eigenvalue weighted by atomic mass is 10.4. The summed E-state index contributed by atoms with van der Waals surface area (Å²) in [4.78, 5) is 20.9. The zero-order valence-corrected chi connectivity index (χ0v) is 10.1. The lowest BCUT2D eigenvalue weighted by Crippen LogP contribution is -2.15. The molecule has 0 aromatic rings. The molecule has 0 bridgehead atoms. The van der Waals surface area contributed by atoms with E-state index >= 15 is 0 Å². The summed E-state index contributed by atoms with van der Waals surface area (Å²) in [6, 6.07) is 0. The van der Waals surface area contributed by atoms with E-state index in [1.165, 1.54) is 6.26 Å². The molecule has 0 aromatic heterocycles. The molecule has 0 heterocycles. The number of rotatable bonds is 12. The van der Waals surface area contributed by atoms with Crippen molar-refractivity contribution in [3.63, 3.8) is 0 Å². The molecule has 0 atom stereocenters. The van der Waals surface area contributed by atoms with Crippen LogP contribution in [0.3, 0.4) is 0 Å².